The molecule has 0 spiro atoms. The molecule has 0 atom stereocenters. The fourth-order valence-electron chi connectivity index (χ4n) is 2.25. The molecule has 0 aliphatic heterocycles. The fourth-order valence-corrected chi connectivity index (χ4v) is 4.11. The van der Waals surface area contributed by atoms with E-state index in [1.165, 1.54) is 12.1 Å². The molecule has 5 nitrogen and oxygen atoms in total. The molecule has 1 aromatic heterocycles. The van der Waals surface area contributed by atoms with Crippen molar-refractivity contribution in [2.75, 3.05) is 0 Å². The number of rotatable bonds is 4. The minimum absolute atomic E-state index is 0.117. The Morgan fingerprint density at radius 3 is 2.61 bits per heavy atom. The summed E-state index contributed by atoms with van der Waals surface area (Å²) in [5.74, 6) is -1.31. The van der Waals surface area contributed by atoms with Gasteiger partial charge < -0.3 is 5.11 Å². The van der Waals surface area contributed by atoms with E-state index in [1.807, 2.05) is 0 Å². The predicted octanol–water partition coefficient (Wildman–Crippen LogP) is 1.64. The van der Waals surface area contributed by atoms with E-state index >= 15 is 0 Å². The van der Waals surface area contributed by atoms with Crippen LogP contribution in [0.25, 0.3) is 0 Å². The van der Waals surface area contributed by atoms with E-state index in [9.17, 15) is 13.2 Å². The van der Waals surface area contributed by atoms with Crippen LogP contribution in [0, 0.1) is 0 Å². The Balaban J connectivity index is 2.18. The van der Waals surface area contributed by atoms with Crippen molar-refractivity contribution in [3.8, 4) is 0 Å². The van der Waals surface area contributed by atoms with Crippen molar-refractivity contribution in [3.63, 3.8) is 0 Å². The van der Waals surface area contributed by atoms with Crippen molar-refractivity contribution in [1.82, 2.24) is 4.98 Å². The van der Waals surface area contributed by atoms with Gasteiger partial charge in [0.15, 0.2) is 9.84 Å². The average Bonchev–Trinajstić information content (AvgIpc) is 2.82. The zero-order chi connectivity index (χ0) is 13.2. The molecule has 0 bridgehead atoms. The minimum atomic E-state index is -3.21. The zero-order valence-electron chi connectivity index (χ0n) is 9.87. The number of sulfone groups is 1. The van der Waals surface area contributed by atoms with Gasteiger partial charge in [-0.3, -0.25) is 0 Å². The van der Waals surface area contributed by atoms with Crippen molar-refractivity contribution in [2.45, 2.75) is 36.7 Å². The van der Waals surface area contributed by atoms with Crippen molar-refractivity contribution in [1.29, 1.82) is 0 Å². The molecule has 6 heteroatoms. The first-order valence-electron chi connectivity index (χ1n) is 5.90. The molecule has 0 saturated heterocycles. The smallest absolute Gasteiger partial charge is 0.354 e. The number of hydrogen-bond acceptors (Lipinski definition) is 4. The summed E-state index contributed by atoms with van der Waals surface area (Å²) in [5, 5.41) is 8.52. The maximum atomic E-state index is 12.1. The van der Waals surface area contributed by atoms with Gasteiger partial charge in [0.1, 0.15) is 5.69 Å². The van der Waals surface area contributed by atoms with Gasteiger partial charge in [-0.25, -0.2) is 18.2 Å². The molecule has 18 heavy (non-hydrogen) atoms. The summed E-state index contributed by atoms with van der Waals surface area (Å²) >= 11 is 0. The van der Waals surface area contributed by atoms with E-state index in [0.717, 1.165) is 12.8 Å². The molecular formula is C12H15NO4S. The van der Waals surface area contributed by atoms with Crippen molar-refractivity contribution in [2.24, 2.45) is 0 Å². The van der Waals surface area contributed by atoms with Gasteiger partial charge in [0.2, 0.25) is 0 Å². The third kappa shape index (κ3) is 2.87. The first kappa shape index (κ1) is 13.0. The Kier molecular flexibility index (Phi) is 3.65. The average molecular weight is 269 g/mol. The number of nitrogens with zero attached hydrogens (tertiary/aromatic N) is 1. The summed E-state index contributed by atoms with van der Waals surface area (Å²) in [6.45, 7) is 0. The van der Waals surface area contributed by atoms with Crippen LogP contribution in [0.5, 0.6) is 0 Å². The van der Waals surface area contributed by atoms with Crippen LogP contribution in [0.3, 0.4) is 0 Å². The lowest BCUT2D eigenvalue weighted by molar-refractivity contribution is 0.0690. The highest BCUT2D eigenvalue weighted by molar-refractivity contribution is 7.91. The zero-order valence-corrected chi connectivity index (χ0v) is 10.7. The maximum Gasteiger partial charge on any atom is 0.354 e. The predicted molar refractivity (Wildman–Crippen MR) is 66.1 cm³/mol. The Hall–Kier alpha value is -1.43. The molecule has 0 aromatic carbocycles. The summed E-state index contributed by atoms with van der Waals surface area (Å²) in [6, 6.07) is 4.43. The number of carbonyl (C=O) groups is 1. The molecule has 0 radical (unpaired) electrons. The number of aromatic nitrogens is 1. The minimum Gasteiger partial charge on any atom is -0.477 e. The number of carboxylic acid groups (broad SMARTS) is 1. The molecule has 1 fully saturated rings. The van der Waals surface area contributed by atoms with Crippen LogP contribution in [0.1, 0.15) is 41.9 Å². The first-order valence-corrected chi connectivity index (χ1v) is 7.61. The van der Waals surface area contributed by atoms with Crippen LogP contribution in [0.2, 0.25) is 0 Å². The second-order valence-electron chi connectivity index (χ2n) is 4.53. The summed E-state index contributed by atoms with van der Waals surface area (Å²) in [5.41, 5.74) is 0.191. The quantitative estimate of drug-likeness (QED) is 0.898. The van der Waals surface area contributed by atoms with E-state index < -0.39 is 15.8 Å². The van der Waals surface area contributed by atoms with Crippen molar-refractivity contribution >= 4 is 15.8 Å². The summed E-state index contributed by atoms with van der Waals surface area (Å²) in [4.78, 5) is 14.6. The number of aromatic carboxylic acids is 1. The molecule has 0 amide bonds. The Labute approximate surface area is 106 Å². The summed E-state index contributed by atoms with van der Waals surface area (Å²) < 4.78 is 24.2. The lowest BCUT2D eigenvalue weighted by Crippen LogP contribution is -2.20. The van der Waals surface area contributed by atoms with Gasteiger partial charge in [-0.2, -0.15) is 0 Å². The van der Waals surface area contributed by atoms with Gasteiger partial charge in [0, 0.05) is 0 Å². The monoisotopic (exact) mass is 269 g/mol. The van der Waals surface area contributed by atoms with Gasteiger partial charge in [0.25, 0.3) is 0 Å². The number of hydrogen-bond donors (Lipinski definition) is 1. The van der Waals surface area contributed by atoms with Gasteiger partial charge in [-0.1, -0.05) is 18.9 Å². The fraction of sp³-hybridized carbons (Fsp3) is 0.500. The van der Waals surface area contributed by atoms with Gasteiger partial charge in [0.05, 0.1) is 16.7 Å². The Bertz CT molecular complexity index is 547. The molecule has 1 saturated carbocycles. The van der Waals surface area contributed by atoms with Crippen molar-refractivity contribution in [3.05, 3.63) is 29.6 Å². The topological polar surface area (TPSA) is 84.3 Å². The normalized spacial score (nSPS) is 16.9. The van der Waals surface area contributed by atoms with Crippen LogP contribution in [-0.2, 0) is 15.6 Å². The number of carboxylic acids is 1. The third-order valence-electron chi connectivity index (χ3n) is 3.19. The molecular weight excluding hydrogens is 254 g/mol. The molecule has 1 aliphatic rings. The lowest BCUT2D eigenvalue weighted by atomic mass is 10.3. The van der Waals surface area contributed by atoms with Gasteiger partial charge >= 0.3 is 5.97 Å². The first-order chi connectivity index (χ1) is 8.49. The molecule has 98 valence electrons. The molecule has 0 unspecified atom stereocenters. The Morgan fingerprint density at radius 2 is 2.00 bits per heavy atom. The highest BCUT2D eigenvalue weighted by Crippen LogP contribution is 2.26. The molecule has 1 aliphatic carbocycles. The molecule has 1 heterocycles. The van der Waals surface area contributed by atoms with Crippen LogP contribution in [0.15, 0.2) is 18.2 Å². The standard InChI is InChI=1S/C12H15NO4S/c14-12(15)11-7-3-4-9(13-11)8-18(16,17)10-5-1-2-6-10/h3-4,7,10H,1-2,5-6,8H2,(H,14,15). The van der Waals surface area contributed by atoms with Crippen molar-refractivity contribution < 1.29 is 18.3 Å². The largest absolute Gasteiger partial charge is 0.477 e. The second-order valence-corrected chi connectivity index (χ2v) is 6.81. The van der Waals surface area contributed by atoms with Crippen LogP contribution in [0.4, 0.5) is 0 Å². The summed E-state index contributed by atoms with van der Waals surface area (Å²) in [7, 11) is -3.21. The van der Waals surface area contributed by atoms with Crippen LogP contribution in [-0.4, -0.2) is 29.7 Å². The number of pyridine rings is 1. The van der Waals surface area contributed by atoms with E-state index in [1.54, 1.807) is 6.07 Å². The van der Waals surface area contributed by atoms with E-state index in [-0.39, 0.29) is 16.7 Å². The SMILES string of the molecule is O=C(O)c1cccc(CS(=O)(=O)C2CCCC2)n1. The Morgan fingerprint density at radius 1 is 1.33 bits per heavy atom. The lowest BCUT2D eigenvalue weighted by Gasteiger charge is -2.10. The van der Waals surface area contributed by atoms with E-state index in [0.29, 0.717) is 18.5 Å². The molecule has 1 aromatic rings. The van der Waals surface area contributed by atoms with Crippen LogP contribution < -0.4 is 0 Å². The highest BCUT2D eigenvalue weighted by Gasteiger charge is 2.29. The van der Waals surface area contributed by atoms with Crippen LogP contribution >= 0.6 is 0 Å². The molecule has 1 N–H and O–H groups in total. The highest BCUT2D eigenvalue weighted by atomic mass is 32.2. The summed E-state index contributed by atoms with van der Waals surface area (Å²) in [6.07, 6.45) is 3.32. The second kappa shape index (κ2) is 5.06. The molecule has 2 rings (SSSR count). The maximum absolute atomic E-state index is 12.1. The van der Waals surface area contributed by atoms with E-state index in [2.05, 4.69) is 4.98 Å². The third-order valence-corrected chi connectivity index (χ3v) is 5.37. The van der Waals surface area contributed by atoms with Gasteiger partial charge in [-0.05, 0) is 25.0 Å². The van der Waals surface area contributed by atoms with Gasteiger partial charge in [-0.15, -0.1) is 0 Å². The van der Waals surface area contributed by atoms with E-state index in [4.69, 9.17) is 5.11 Å².